The summed E-state index contributed by atoms with van der Waals surface area (Å²) in [5.41, 5.74) is 1.63. The number of carbonyl (C=O) groups excluding carboxylic acids is 1. The number of carbonyl (C=O) groups is 2. The predicted octanol–water partition coefficient (Wildman–Crippen LogP) is 1.65. The third-order valence-corrected chi connectivity index (χ3v) is 7.31. The van der Waals surface area contributed by atoms with Gasteiger partial charge in [0.2, 0.25) is 10.0 Å². The number of alkyl halides is 3. The molecular formula is C22H35F3N4O5S. The van der Waals surface area contributed by atoms with Gasteiger partial charge in [0.15, 0.2) is 0 Å². The molecule has 0 radical (unpaired) electrons. The molecule has 1 heterocycles. The standard InChI is InChI=1S/C20H34N4O3S.C2HF3O2/c1-4-22(5-2)13-14-23(20(25)19-8-6-7-18(3)17-19)15-16-28(26,27)24-11-9-21-10-12-24;3-2(4,5)1(6)7/h6-8,17,21H,4-5,9-16H2,1-3H3;(H,6,7). The van der Waals surface area contributed by atoms with Crippen molar-refractivity contribution in [3.63, 3.8) is 0 Å². The number of nitrogens with one attached hydrogen (secondary N) is 1. The minimum absolute atomic E-state index is 0.0389. The Hall–Kier alpha value is -2.22. The largest absolute Gasteiger partial charge is 0.490 e. The van der Waals surface area contributed by atoms with E-state index in [0.717, 1.165) is 25.2 Å². The fourth-order valence-corrected chi connectivity index (χ4v) is 4.80. The summed E-state index contributed by atoms with van der Waals surface area (Å²) in [6, 6.07) is 7.47. The van der Waals surface area contributed by atoms with Gasteiger partial charge < -0.3 is 20.2 Å². The molecule has 1 fully saturated rings. The average Bonchev–Trinajstić information content (AvgIpc) is 2.81. The SMILES string of the molecule is CCN(CC)CCN(CCS(=O)(=O)N1CCNCC1)C(=O)c1cccc(C)c1.O=C(O)C(F)(F)F. The monoisotopic (exact) mass is 524 g/mol. The number of hydrogen-bond donors (Lipinski definition) is 2. The van der Waals surface area contributed by atoms with Crippen LogP contribution in [0.5, 0.6) is 0 Å². The summed E-state index contributed by atoms with van der Waals surface area (Å²) in [6.45, 7) is 11.7. The molecule has 0 saturated carbocycles. The number of amides is 1. The molecule has 1 aliphatic rings. The fourth-order valence-electron chi connectivity index (χ4n) is 3.35. The number of aliphatic carboxylic acids is 1. The number of piperazine rings is 1. The molecule has 35 heavy (non-hydrogen) atoms. The minimum atomic E-state index is -5.08. The van der Waals surface area contributed by atoms with Crippen molar-refractivity contribution >= 4 is 21.9 Å². The number of carboxylic acids is 1. The first-order chi connectivity index (χ1) is 16.3. The Kier molecular flexibility index (Phi) is 12.6. The lowest BCUT2D eigenvalue weighted by molar-refractivity contribution is -0.192. The second-order valence-electron chi connectivity index (χ2n) is 7.96. The Labute approximate surface area is 204 Å². The van der Waals surface area contributed by atoms with Crippen LogP contribution in [0.25, 0.3) is 0 Å². The number of sulfonamides is 1. The number of carboxylic acid groups (broad SMARTS) is 1. The summed E-state index contributed by atoms with van der Waals surface area (Å²) >= 11 is 0. The number of likely N-dealkylation sites (N-methyl/N-ethyl adjacent to an activating group) is 1. The molecule has 1 amide bonds. The van der Waals surface area contributed by atoms with Crippen molar-refractivity contribution in [2.45, 2.75) is 26.9 Å². The van der Waals surface area contributed by atoms with Gasteiger partial charge in [-0.15, -0.1) is 0 Å². The van der Waals surface area contributed by atoms with Gasteiger partial charge in [-0.05, 0) is 32.1 Å². The lowest BCUT2D eigenvalue weighted by atomic mass is 10.1. The van der Waals surface area contributed by atoms with Crippen LogP contribution in [-0.4, -0.2) is 110 Å². The Balaban J connectivity index is 0.000000762. The first kappa shape index (κ1) is 30.8. The number of hydrogen-bond acceptors (Lipinski definition) is 6. The Morgan fingerprint density at radius 3 is 2.14 bits per heavy atom. The maximum Gasteiger partial charge on any atom is 0.490 e. The van der Waals surface area contributed by atoms with Crippen LogP contribution in [0.3, 0.4) is 0 Å². The van der Waals surface area contributed by atoms with E-state index in [-0.39, 0.29) is 18.2 Å². The van der Waals surface area contributed by atoms with E-state index in [1.165, 1.54) is 4.31 Å². The van der Waals surface area contributed by atoms with E-state index in [0.29, 0.717) is 38.3 Å². The summed E-state index contributed by atoms with van der Waals surface area (Å²) in [7, 11) is -3.37. The zero-order valence-corrected chi connectivity index (χ0v) is 21.2. The van der Waals surface area contributed by atoms with Crippen molar-refractivity contribution in [2.75, 3.05) is 64.7 Å². The van der Waals surface area contributed by atoms with Gasteiger partial charge in [0, 0.05) is 51.4 Å². The van der Waals surface area contributed by atoms with Gasteiger partial charge in [-0.2, -0.15) is 17.5 Å². The molecule has 0 aromatic heterocycles. The van der Waals surface area contributed by atoms with E-state index in [1.54, 1.807) is 11.0 Å². The molecule has 13 heteroatoms. The predicted molar refractivity (Wildman–Crippen MR) is 127 cm³/mol. The number of benzene rings is 1. The van der Waals surface area contributed by atoms with Gasteiger partial charge in [0.25, 0.3) is 5.91 Å². The van der Waals surface area contributed by atoms with Gasteiger partial charge in [-0.25, -0.2) is 13.2 Å². The lowest BCUT2D eigenvalue weighted by Gasteiger charge is -2.29. The highest BCUT2D eigenvalue weighted by molar-refractivity contribution is 7.89. The maximum absolute atomic E-state index is 13.1. The lowest BCUT2D eigenvalue weighted by Crippen LogP contribution is -2.49. The zero-order valence-electron chi connectivity index (χ0n) is 20.3. The van der Waals surface area contributed by atoms with E-state index >= 15 is 0 Å². The number of halogens is 3. The topological polar surface area (TPSA) is 110 Å². The molecule has 2 N–H and O–H groups in total. The normalized spacial score (nSPS) is 14.8. The smallest absolute Gasteiger partial charge is 0.475 e. The molecule has 1 aromatic rings. The highest BCUT2D eigenvalue weighted by Gasteiger charge is 2.38. The zero-order chi connectivity index (χ0) is 26.6. The van der Waals surface area contributed by atoms with Crippen LogP contribution >= 0.6 is 0 Å². The molecule has 0 aliphatic carbocycles. The van der Waals surface area contributed by atoms with Crippen LogP contribution in [0.15, 0.2) is 24.3 Å². The summed E-state index contributed by atoms with van der Waals surface area (Å²) < 4.78 is 58.7. The summed E-state index contributed by atoms with van der Waals surface area (Å²) in [5, 5.41) is 10.3. The van der Waals surface area contributed by atoms with Crippen molar-refractivity contribution in [1.29, 1.82) is 0 Å². The van der Waals surface area contributed by atoms with Crippen molar-refractivity contribution in [3.8, 4) is 0 Å². The molecule has 0 bridgehead atoms. The highest BCUT2D eigenvalue weighted by atomic mass is 32.2. The first-order valence-corrected chi connectivity index (χ1v) is 13.0. The van der Waals surface area contributed by atoms with Crippen LogP contribution in [-0.2, 0) is 14.8 Å². The van der Waals surface area contributed by atoms with Crippen molar-refractivity contribution in [1.82, 2.24) is 19.4 Å². The van der Waals surface area contributed by atoms with E-state index in [1.807, 2.05) is 25.1 Å². The molecule has 1 saturated heterocycles. The van der Waals surface area contributed by atoms with Gasteiger partial charge >= 0.3 is 12.1 Å². The van der Waals surface area contributed by atoms with Gasteiger partial charge in [-0.1, -0.05) is 31.5 Å². The molecular weight excluding hydrogens is 489 g/mol. The van der Waals surface area contributed by atoms with E-state index in [4.69, 9.17) is 9.90 Å². The number of nitrogens with zero attached hydrogens (tertiary/aromatic N) is 3. The summed E-state index contributed by atoms with van der Waals surface area (Å²) in [4.78, 5) is 25.9. The van der Waals surface area contributed by atoms with E-state index in [2.05, 4.69) is 24.1 Å². The number of rotatable bonds is 10. The molecule has 200 valence electrons. The van der Waals surface area contributed by atoms with Crippen molar-refractivity contribution in [3.05, 3.63) is 35.4 Å². The van der Waals surface area contributed by atoms with Gasteiger partial charge in [-0.3, -0.25) is 4.79 Å². The molecule has 0 atom stereocenters. The summed E-state index contributed by atoms with van der Waals surface area (Å²) in [6.07, 6.45) is -5.08. The molecule has 9 nitrogen and oxygen atoms in total. The van der Waals surface area contributed by atoms with Crippen LogP contribution in [0, 0.1) is 6.92 Å². The van der Waals surface area contributed by atoms with E-state index in [9.17, 15) is 26.4 Å². The second-order valence-corrected chi connectivity index (χ2v) is 10.0. The molecule has 0 unspecified atom stereocenters. The molecule has 2 rings (SSSR count). The van der Waals surface area contributed by atoms with Crippen molar-refractivity contribution in [2.24, 2.45) is 0 Å². The van der Waals surface area contributed by atoms with Gasteiger partial charge in [0.05, 0.1) is 5.75 Å². The van der Waals surface area contributed by atoms with Crippen LogP contribution in [0.1, 0.15) is 29.8 Å². The van der Waals surface area contributed by atoms with Crippen LogP contribution in [0.2, 0.25) is 0 Å². The van der Waals surface area contributed by atoms with Gasteiger partial charge in [0.1, 0.15) is 0 Å². The molecule has 1 aromatic carbocycles. The maximum atomic E-state index is 13.1. The van der Waals surface area contributed by atoms with Crippen LogP contribution < -0.4 is 5.32 Å². The Morgan fingerprint density at radius 1 is 1.09 bits per heavy atom. The quantitative estimate of drug-likeness (QED) is 0.479. The minimum Gasteiger partial charge on any atom is -0.475 e. The first-order valence-electron chi connectivity index (χ1n) is 11.4. The highest BCUT2D eigenvalue weighted by Crippen LogP contribution is 2.13. The second kappa shape index (κ2) is 14.4. The van der Waals surface area contributed by atoms with E-state index < -0.39 is 22.2 Å². The van der Waals surface area contributed by atoms with Crippen LogP contribution in [0.4, 0.5) is 13.2 Å². The third-order valence-electron chi connectivity index (χ3n) is 5.46. The molecule has 1 aliphatic heterocycles. The molecule has 0 spiro atoms. The summed E-state index contributed by atoms with van der Waals surface area (Å²) in [5.74, 6) is -2.90. The van der Waals surface area contributed by atoms with Crippen molar-refractivity contribution < 1.29 is 36.3 Å². The number of aryl methyl sites for hydroxylation is 1. The Bertz CT molecular complexity index is 918. The fraction of sp³-hybridized carbons (Fsp3) is 0.636. The average molecular weight is 525 g/mol. The Morgan fingerprint density at radius 2 is 1.66 bits per heavy atom. The third kappa shape index (κ3) is 10.9.